The van der Waals surface area contributed by atoms with Crippen LogP contribution in [0, 0.1) is 0 Å². The van der Waals surface area contributed by atoms with Crippen molar-refractivity contribution in [2.75, 3.05) is 7.11 Å². The molecule has 0 N–H and O–H groups in total. The topological polar surface area (TPSA) is 34.5 Å². The molecule has 0 aliphatic rings. The average molecular weight is 337 g/mol. The van der Waals surface area contributed by atoms with Gasteiger partial charge in [-0.25, -0.2) is 9.98 Å². The second-order valence-electron chi connectivity index (χ2n) is 5.22. The van der Waals surface area contributed by atoms with E-state index in [0.717, 1.165) is 22.4 Å². The summed E-state index contributed by atoms with van der Waals surface area (Å²) in [6.45, 7) is 0.363. The van der Waals surface area contributed by atoms with Gasteiger partial charge in [0.2, 0.25) is 0 Å². The zero-order valence-electron chi connectivity index (χ0n) is 13.3. The van der Waals surface area contributed by atoms with Gasteiger partial charge in [-0.2, -0.15) is 0 Å². The first kappa shape index (κ1) is 16.4. The Kier molecular flexibility index (Phi) is 5.36. The maximum absolute atomic E-state index is 6.29. The highest BCUT2D eigenvalue weighted by Crippen LogP contribution is 2.26. The molecule has 3 nitrogen and oxygen atoms in total. The first-order valence-electron chi connectivity index (χ1n) is 7.61. The molecule has 0 aliphatic heterocycles. The zero-order valence-corrected chi connectivity index (χ0v) is 14.1. The van der Waals surface area contributed by atoms with Gasteiger partial charge >= 0.3 is 0 Å². The van der Waals surface area contributed by atoms with E-state index in [4.69, 9.17) is 21.3 Å². The number of methoxy groups -OCH3 is 1. The number of aliphatic imine (C=N–C) groups is 1. The molecule has 0 atom stereocenters. The number of benzene rings is 2. The zero-order chi connectivity index (χ0) is 16.8. The Morgan fingerprint density at radius 3 is 2.08 bits per heavy atom. The smallest absolute Gasteiger partial charge is 0.159 e. The van der Waals surface area contributed by atoms with Crippen molar-refractivity contribution < 1.29 is 4.74 Å². The predicted molar refractivity (Wildman–Crippen MR) is 98.1 cm³/mol. The minimum absolute atomic E-state index is 0.363. The number of aromatic nitrogens is 1. The van der Waals surface area contributed by atoms with E-state index >= 15 is 0 Å². The number of pyridine rings is 1. The van der Waals surface area contributed by atoms with Crippen LogP contribution in [-0.4, -0.2) is 17.8 Å². The van der Waals surface area contributed by atoms with Crippen molar-refractivity contribution >= 4 is 23.1 Å². The SMILES string of the molecule is COCc1c(Cl)ccnc1N=C(c1ccccc1)c1ccccc1. The summed E-state index contributed by atoms with van der Waals surface area (Å²) in [5, 5.41) is 0.603. The highest BCUT2D eigenvalue weighted by molar-refractivity contribution is 6.31. The van der Waals surface area contributed by atoms with Crippen molar-refractivity contribution in [1.29, 1.82) is 0 Å². The van der Waals surface area contributed by atoms with Crippen molar-refractivity contribution in [2.45, 2.75) is 6.61 Å². The molecule has 0 bridgehead atoms. The number of hydrogen-bond donors (Lipinski definition) is 0. The van der Waals surface area contributed by atoms with Gasteiger partial charge in [-0.05, 0) is 6.07 Å². The third kappa shape index (κ3) is 3.70. The molecule has 0 saturated carbocycles. The van der Waals surface area contributed by atoms with E-state index in [2.05, 4.69) is 4.98 Å². The minimum Gasteiger partial charge on any atom is -0.380 e. The number of halogens is 1. The first-order chi connectivity index (χ1) is 11.8. The Morgan fingerprint density at radius 1 is 0.958 bits per heavy atom. The van der Waals surface area contributed by atoms with Crippen molar-refractivity contribution in [2.24, 2.45) is 4.99 Å². The normalized spacial score (nSPS) is 10.4. The van der Waals surface area contributed by atoms with Crippen LogP contribution in [0.4, 0.5) is 5.82 Å². The maximum atomic E-state index is 6.29. The molecule has 1 heterocycles. The van der Waals surface area contributed by atoms with Gasteiger partial charge in [0.1, 0.15) is 0 Å². The van der Waals surface area contributed by atoms with Crippen LogP contribution in [0.25, 0.3) is 0 Å². The van der Waals surface area contributed by atoms with Crippen LogP contribution in [-0.2, 0) is 11.3 Å². The molecule has 0 radical (unpaired) electrons. The summed E-state index contributed by atoms with van der Waals surface area (Å²) >= 11 is 6.29. The Bertz CT molecular complexity index is 791. The molecule has 3 rings (SSSR count). The van der Waals surface area contributed by atoms with Gasteiger partial charge in [0, 0.05) is 30.0 Å². The van der Waals surface area contributed by atoms with Crippen molar-refractivity contribution in [3.63, 3.8) is 0 Å². The maximum Gasteiger partial charge on any atom is 0.159 e. The Hall–Kier alpha value is -2.49. The average Bonchev–Trinajstić information content (AvgIpc) is 2.64. The minimum atomic E-state index is 0.363. The fourth-order valence-corrected chi connectivity index (χ4v) is 2.62. The van der Waals surface area contributed by atoms with E-state index in [1.54, 1.807) is 19.4 Å². The van der Waals surface area contributed by atoms with E-state index < -0.39 is 0 Å². The van der Waals surface area contributed by atoms with E-state index in [-0.39, 0.29) is 0 Å². The molecule has 0 fully saturated rings. The van der Waals surface area contributed by atoms with Gasteiger partial charge in [0.15, 0.2) is 5.82 Å². The van der Waals surface area contributed by atoms with E-state index in [0.29, 0.717) is 17.4 Å². The first-order valence-corrected chi connectivity index (χ1v) is 7.99. The Balaban J connectivity index is 2.17. The van der Waals surface area contributed by atoms with E-state index in [9.17, 15) is 0 Å². The van der Waals surface area contributed by atoms with Crippen molar-refractivity contribution in [3.8, 4) is 0 Å². The summed E-state index contributed by atoms with van der Waals surface area (Å²) in [5.41, 5.74) is 3.68. The standard InChI is InChI=1S/C20H17ClN2O/c1-24-14-17-18(21)12-13-22-20(17)23-19(15-8-4-2-5-9-15)16-10-6-3-7-11-16/h2-13H,14H2,1H3. The lowest BCUT2D eigenvalue weighted by molar-refractivity contribution is 0.185. The van der Waals surface area contributed by atoms with Crippen LogP contribution in [0.1, 0.15) is 16.7 Å². The molecule has 0 saturated heterocycles. The number of rotatable bonds is 5. The lowest BCUT2D eigenvalue weighted by Crippen LogP contribution is -2.04. The monoisotopic (exact) mass is 336 g/mol. The quantitative estimate of drug-likeness (QED) is 0.611. The fourth-order valence-electron chi connectivity index (χ4n) is 2.43. The third-order valence-corrected chi connectivity index (χ3v) is 3.93. The second kappa shape index (κ2) is 7.86. The lowest BCUT2D eigenvalue weighted by atomic mass is 10.0. The molecule has 4 heteroatoms. The molecule has 0 unspecified atom stereocenters. The summed E-state index contributed by atoms with van der Waals surface area (Å²) in [5.74, 6) is 0.576. The molecule has 0 amide bonds. The molecule has 120 valence electrons. The van der Waals surface area contributed by atoms with Crippen molar-refractivity contribution in [3.05, 3.63) is 94.6 Å². The van der Waals surface area contributed by atoms with Gasteiger partial charge in [-0.1, -0.05) is 72.3 Å². The van der Waals surface area contributed by atoms with Crippen LogP contribution in [0.5, 0.6) is 0 Å². The molecule has 3 aromatic rings. The summed E-state index contributed by atoms with van der Waals surface area (Å²) in [4.78, 5) is 9.22. The second-order valence-corrected chi connectivity index (χ2v) is 5.63. The molecular weight excluding hydrogens is 320 g/mol. The van der Waals surface area contributed by atoms with Gasteiger partial charge < -0.3 is 4.74 Å². The van der Waals surface area contributed by atoms with Crippen molar-refractivity contribution in [1.82, 2.24) is 4.98 Å². The fraction of sp³-hybridized carbons (Fsp3) is 0.100. The van der Waals surface area contributed by atoms with Gasteiger partial charge in [-0.3, -0.25) is 0 Å². The highest BCUT2D eigenvalue weighted by atomic mass is 35.5. The van der Waals surface area contributed by atoms with Gasteiger partial charge in [0.25, 0.3) is 0 Å². The molecule has 0 spiro atoms. The lowest BCUT2D eigenvalue weighted by Gasteiger charge is -2.10. The van der Waals surface area contributed by atoms with E-state index in [1.807, 2.05) is 60.7 Å². The third-order valence-electron chi connectivity index (χ3n) is 3.58. The van der Waals surface area contributed by atoms with Crippen LogP contribution in [0.3, 0.4) is 0 Å². The Morgan fingerprint density at radius 2 is 1.54 bits per heavy atom. The summed E-state index contributed by atoms with van der Waals surface area (Å²) < 4.78 is 5.25. The largest absolute Gasteiger partial charge is 0.380 e. The van der Waals surface area contributed by atoms with Crippen LogP contribution < -0.4 is 0 Å². The Labute approximate surface area is 146 Å². The summed E-state index contributed by atoms with van der Waals surface area (Å²) in [6, 6.07) is 21.8. The van der Waals surface area contributed by atoms with Crippen LogP contribution in [0.2, 0.25) is 5.02 Å². The van der Waals surface area contributed by atoms with Crippen LogP contribution in [0.15, 0.2) is 77.9 Å². The predicted octanol–water partition coefficient (Wildman–Crippen LogP) is 5.05. The molecule has 2 aromatic carbocycles. The van der Waals surface area contributed by atoms with Gasteiger partial charge in [0.05, 0.1) is 17.3 Å². The molecular formula is C20H17ClN2O. The number of nitrogens with zero attached hydrogens (tertiary/aromatic N) is 2. The number of hydrogen-bond acceptors (Lipinski definition) is 3. The summed E-state index contributed by atoms with van der Waals surface area (Å²) in [7, 11) is 1.63. The molecule has 0 aliphatic carbocycles. The molecule has 1 aromatic heterocycles. The van der Waals surface area contributed by atoms with Crippen LogP contribution >= 0.6 is 11.6 Å². The van der Waals surface area contributed by atoms with Gasteiger partial charge in [-0.15, -0.1) is 0 Å². The highest BCUT2D eigenvalue weighted by Gasteiger charge is 2.12. The summed E-state index contributed by atoms with van der Waals surface area (Å²) in [6.07, 6.45) is 1.66. The van der Waals surface area contributed by atoms with E-state index in [1.165, 1.54) is 0 Å². The number of ether oxygens (including phenoxy) is 1. The molecule has 24 heavy (non-hydrogen) atoms.